The predicted octanol–water partition coefficient (Wildman–Crippen LogP) is 1.57. The Morgan fingerprint density at radius 1 is 1.26 bits per heavy atom. The lowest BCUT2D eigenvalue weighted by molar-refractivity contribution is -0.141. The van der Waals surface area contributed by atoms with Gasteiger partial charge in [0, 0.05) is 11.5 Å². The van der Waals surface area contributed by atoms with Gasteiger partial charge in [0.1, 0.15) is 12.3 Å². The van der Waals surface area contributed by atoms with Crippen LogP contribution in [-0.2, 0) is 16.1 Å². The van der Waals surface area contributed by atoms with Crippen LogP contribution in [-0.4, -0.2) is 24.3 Å². The number of aromatic nitrogens is 1. The zero-order chi connectivity index (χ0) is 13.8. The number of fused-ring (bicyclic) bond motifs is 1. The predicted molar refractivity (Wildman–Crippen MR) is 71.4 cm³/mol. The molecule has 0 aliphatic carbocycles. The second kappa shape index (κ2) is 5.56. The molecule has 0 spiro atoms. The topological polar surface area (TPSA) is 57.5 Å². The van der Waals surface area contributed by atoms with Crippen LogP contribution in [0.25, 0.3) is 10.9 Å². The van der Waals surface area contributed by atoms with E-state index in [2.05, 4.69) is 4.74 Å². The van der Waals surface area contributed by atoms with E-state index in [1.807, 2.05) is 19.1 Å². The lowest BCUT2D eigenvalue weighted by Gasteiger charge is -2.13. The molecule has 0 unspecified atom stereocenters. The summed E-state index contributed by atoms with van der Waals surface area (Å²) in [4.78, 5) is 23.4. The van der Waals surface area contributed by atoms with Gasteiger partial charge in [-0.15, -0.1) is 0 Å². The number of rotatable bonds is 4. The van der Waals surface area contributed by atoms with Crippen molar-refractivity contribution in [1.29, 1.82) is 0 Å². The number of pyridine rings is 1. The van der Waals surface area contributed by atoms with E-state index < -0.39 is 5.97 Å². The zero-order valence-electron chi connectivity index (χ0n) is 10.9. The summed E-state index contributed by atoms with van der Waals surface area (Å²) >= 11 is 0. The highest BCUT2D eigenvalue weighted by atomic mass is 16.5. The minimum absolute atomic E-state index is 0.128. The van der Waals surface area contributed by atoms with Crippen LogP contribution in [0.5, 0.6) is 5.75 Å². The molecule has 19 heavy (non-hydrogen) atoms. The Bertz CT molecular complexity index is 660. The fourth-order valence-corrected chi connectivity index (χ4v) is 1.95. The van der Waals surface area contributed by atoms with E-state index in [1.54, 1.807) is 12.1 Å². The van der Waals surface area contributed by atoms with E-state index in [4.69, 9.17) is 4.74 Å². The van der Waals surface area contributed by atoms with Crippen LogP contribution in [0.1, 0.15) is 6.92 Å². The molecule has 0 amide bonds. The van der Waals surface area contributed by atoms with Crippen molar-refractivity contribution in [3.05, 3.63) is 40.7 Å². The van der Waals surface area contributed by atoms with Crippen molar-refractivity contribution in [3.8, 4) is 5.75 Å². The average molecular weight is 261 g/mol. The minimum Gasteiger partial charge on any atom is -0.492 e. The van der Waals surface area contributed by atoms with Gasteiger partial charge in [-0.25, -0.2) is 0 Å². The SMILES string of the molecule is CCOc1cccc2ccc(=O)n(CC(=O)OC)c12. The van der Waals surface area contributed by atoms with Crippen molar-refractivity contribution < 1.29 is 14.3 Å². The first kappa shape index (κ1) is 13.1. The molecule has 5 nitrogen and oxygen atoms in total. The van der Waals surface area contributed by atoms with Crippen LogP contribution in [0, 0.1) is 0 Å². The summed E-state index contributed by atoms with van der Waals surface area (Å²) in [7, 11) is 1.29. The summed E-state index contributed by atoms with van der Waals surface area (Å²) in [6.45, 7) is 2.22. The van der Waals surface area contributed by atoms with Crippen molar-refractivity contribution >= 4 is 16.9 Å². The Kier molecular flexibility index (Phi) is 3.85. The number of hydrogen-bond acceptors (Lipinski definition) is 4. The third-order valence-corrected chi connectivity index (χ3v) is 2.79. The molecule has 5 heteroatoms. The van der Waals surface area contributed by atoms with E-state index in [1.165, 1.54) is 17.7 Å². The third-order valence-electron chi connectivity index (χ3n) is 2.79. The van der Waals surface area contributed by atoms with Crippen molar-refractivity contribution in [2.24, 2.45) is 0 Å². The summed E-state index contributed by atoms with van der Waals surface area (Å²) in [6.07, 6.45) is 0. The molecule has 1 aromatic heterocycles. The number of methoxy groups -OCH3 is 1. The average Bonchev–Trinajstić information content (AvgIpc) is 2.42. The summed E-state index contributed by atoms with van der Waals surface area (Å²) in [5, 5.41) is 0.842. The summed E-state index contributed by atoms with van der Waals surface area (Å²) < 4.78 is 11.5. The molecule has 1 aromatic carbocycles. The molecule has 0 bridgehead atoms. The smallest absolute Gasteiger partial charge is 0.325 e. The summed E-state index contributed by atoms with van der Waals surface area (Å²) in [6, 6.07) is 8.64. The van der Waals surface area contributed by atoms with E-state index in [-0.39, 0.29) is 12.1 Å². The summed E-state index contributed by atoms with van der Waals surface area (Å²) in [5.41, 5.74) is 0.354. The van der Waals surface area contributed by atoms with Gasteiger partial charge < -0.3 is 9.47 Å². The molecule has 0 N–H and O–H groups in total. The quantitative estimate of drug-likeness (QED) is 0.784. The standard InChI is InChI=1S/C14H15NO4/c1-3-19-11-6-4-5-10-7-8-12(16)15(14(10)11)9-13(17)18-2/h4-8H,3,9H2,1-2H3. The Morgan fingerprint density at radius 2 is 2.05 bits per heavy atom. The first-order valence-electron chi connectivity index (χ1n) is 5.99. The van der Waals surface area contributed by atoms with Crippen molar-refractivity contribution in [1.82, 2.24) is 4.57 Å². The molecule has 0 saturated carbocycles. The maximum Gasteiger partial charge on any atom is 0.325 e. The van der Waals surface area contributed by atoms with Crippen LogP contribution in [0.2, 0.25) is 0 Å². The third kappa shape index (κ3) is 2.59. The molecule has 2 rings (SSSR count). The molecule has 0 atom stereocenters. The van der Waals surface area contributed by atoms with Crippen LogP contribution >= 0.6 is 0 Å². The van der Waals surface area contributed by atoms with Crippen LogP contribution < -0.4 is 10.3 Å². The van der Waals surface area contributed by atoms with Crippen molar-refractivity contribution in [2.75, 3.05) is 13.7 Å². The molecule has 1 heterocycles. The van der Waals surface area contributed by atoms with Gasteiger partial charge in [0.15, 0.2) is 0 Å². The van der Waals surface area contributed by atoms with Gasteiger partial charge in [-0.3, -0.25) is 14.2 Å². The Hall–Kier alpha value is -2.30. The van der Waals surface area contributed by atoms with Gasteiger partial charge in [0.2, 0.25) is 0 Å². The van der Waals surface area contributed by atoms with Crippen molar-refractivity contribution in [3.63, 3.8) is 0 Å². The Morgan fingerprint density at radius 3 is 2.74 bits per heavy atom. The van der Waals surface area contributed by atoms with Gasteiger partial charge in [0.25, 0.3) is 5.56 Å². The summed E-state index contributed by atoms with van der Waals surface area (Å²) in [5.74, 6) is 0.113. The normalized spacial score (nSPS) is 10.4. The molecule has 0 saturated heterocycles. The van der Waals surface area contributed by atoms with Gasteiger partial charge in [-0.2, -0.15) is 0 Å². The minimum atomic E-state index is -0.471. The molecule has 0 radical (unpaired) electrons. The number of hydrogen-bond donors (Lipinski definition) is 0. The highest BCUT2D eigenvalue weighted by Crippen LogP contribution is 2.24. The zero-order valence-corrected chi connectivity index (χ0v) is 10.9. The van der Waals surface area contributed by atoms with E-state index in [0.29, 0.717) is 17.9 Å². The number of esters is 1. The second-order valence-electron chi connectivity index (χ2n) is 3.96. The maximum atomic E-state index is 11.9. The number of carbonyl (C=O) groups excluding carboxylic acids is 1. The lowest BCUT2D eigenvalue weighted by atomic mass is 10.2. The first-order valence-corrected chi connectivity index (χ1v) is 5.99. The second-order valence-corrected chi connectivity index (χ2v) is 3.96. The molecular weight excluding hydrogens is 246 g/mol. The van der Waals surface area contributed by atoms with Crippen molar-refractivity contribution in [2.45, 2.75) is 13.5 Å². The first-order chi connectivity index (χ1) is 9.17. The maximum absolute atomic E-state index is 11.9. The van der Waals surface area contributed by atoms with Gasteiger partial charge in [-0.1, -0.05) is 12.1 Å². The van der Waals surface area contributed by atoms with E-state index in [0.717, 1.165) is 5.39 Å². The Balaban J connectivity index is 2.68. The van der Waals surface area contributed by atoms with Crippen LogP contribution in [0.3, 0.4) is 0 Å². The van der Waals surface area contributed by atoms with E-state index in [9.17, 15) is 9.59 Å². The number of nitrogens with zero attached hydrogens (tertiary/aromatic N) is 1. The highest BCUT2D eigenvalue weighted by Gasteiger charge is 2.12. The molecule has 2 aromatic rings. The molecule has 100 valence electrons. The molecule has 0 aliphatic rings. The van der Waals surface area contributed by atoms with Gasteiger partial charge >= 0.3 is 5.97 Å². The number of ether oxygens (including phenoxy) is 2. The number of carbonyl (C=O) groups is 1. The van der Waals surface area contributed by atoms with Crippen LogP contribution in [0.4, 0.5) is 0 Å². The van der Waals surface area contributed by atoms with Gasteiger partial charge in [-0.05, 0) is 19.1 Å². The van der Waals surface area contributed by atoms with E-state index >= 15 is 0 Å². The van der Waals surface area contributed by atoms with Crippen LogP contribution in [0.15, 0.2) is 35.1 Å². The number of benzene rings is 1. The monoisotopic (exact) mass is 261 g/mol. The fraction of sp³-hybridized carbons (Fsp3) is 0.286. The largest absolute Gasteiger partial charge is 0.492 e. The van der Waals surface area contributed by atoms with Gasteiger partial charge in [0.05, 0.1) is 19.2 Å². The number of para-hydroxylation sites is 1. The molecule has 0 fully saturated rings. The molecular formula is C14H15NO4. The lowest BCUT2D eigenvalue weighted by Crippen LogP contribution is -2.24. The highest BCUT2D eigenvalue weighted by molar-refractivity contribution is 5.86. The molecule has 0 aliphatic heterocycles. The Labute approximate surface area is 110 Å². The fourth-order valence-electron chi connectivity index (χ4n) is 1.95.